The highest BCUT2D eigenvalue weighted by molar-refractivity contribution is 6.35. The Balaban J connectivity index is 1.46. The number of pyridine rings is 1. The molecule has 1 N–H and O–H groups in total. The molecule has 0 bridgehead atoms. The summed E-state index contributed by atoms with van der Waals surface area (Å²) in [6, 6.07) is 16.4. The van der Waals surface area contributed by atoms with Gasteiger partial charge in [-0.25, -0.2) is 4.98 Å². The molecule has 7 heteroatoms. The number of fused-ring (bicyclic) bond motifs is 1. The van der Waals surface area contributed by atoms with Crippen LogP contribution in [0.25, 0.3) is 16.9 Å². The van der Waals surface area contributed by atoms with Crippen molar-refractivity contribution in [1.82, 2.24) is 9.38 Å². The van der Waals surface area contributed by atoms with Crippen LogP contribution in [0.1, 0.15) is 5.56 Å². The summed E-state index contributed by atoms with van der Waals surface area (Å²) in [5, 5.41) is 3.69. The molecule has 0 aliphatic heterocycles. The highest BCUT2D eigenvalue weighted by Gasteiger charge is 2.10. The molecule has 1 amide bonds. The molecule has 0 spiro atoms. The van der Waals surface area contributed by atoms with Gasteiger partial charge in [-0.15, -0.1) is 0 Å². The molecular weight excluding hydrogens is 409 g/mol. The fourth-order valence-corrected chi connectivity index (χ4v) is 3.44. The standard InChI is InChI=1S/C22H17Cl2N3O2/c1-14-4-3-9-27-12-19(26-22(14)27)15-5-2-6-17(10-15)25-21(28)13-29-20-8-7-16(23)11-18(20)24/h2-12H,13H2,1H3,(H,25,28). The van der Waals surface area contributed by atoms with E-state index in [0.717, 1.165) is 22.5 Å². The minimum absolute atomic E-state index is 0.168. The summed E-state index contributed by atoms with van der Waals surface area (Å²) in [4.78, 5) is 17.0. The van der Waals surface area contributed by atoms with Crippen molar-refractivity contribution < 1.29 is 9.53 Å². The summed E-state index contributed by atoms with van der Waals surface area (Å²) < 4.78 is 7.46. The molecule has 2 aromatic heterocycles. The fourth-order valence-electron chi connectivity index (χ4n) is 2.98. The lowest BCUT2D eigenvalue weighted by Crippen LogP contribution is -2.20. The smallest absolute Gasteiger partial charge is 0.262 e. The Morgan fingerprint density at radius 2 is 2.00 bits per heavy atom. The number of ether oxygens (including phenoxy) is 1. The number of rotatable bonds is 5. The molecule has 29 heavy (non-hydrogen) atoms. The van der Waals surface area contributed by atoms with Crippen molar-refractivity contribution >= 4 is 40.4 Å². The predicted molar refractivity (Wildman–Crippen MR) is 116 cm³/mol. The lowest BCUT2D eigenvalue weighted by atomic mass is 10.1. The van der Waals surface area contributed by atoms with Gasteiger partial charge < -0.3 is 14.5 Å². The third-order valence-corrected chi connectivity index (χ3v) is 4.90. The van der Waals surface area contributed by atoms with Gasteiger partial charge in [0.1, 0.15) is 11.4 Å². The van der Waals surface area contributed by atoms with Crippen LogP contribution in [-0.2, 0) is 4.79 Å². The summed E-state index contributed by atoms with van der Waals surface area (Å²) >= 11 is 11.9. The minimum atomic E-state index is -0.293. The number of hydrogen-bond acceptors (Lipinski definition) is 3. The normalized spacial score (nSPS) is 10.9. The topological polar surface area (TPSA) is 55.6 Å². The van der Waals surface area contributed by atoms with Gasteiger partial charge in [0, 0.05) is 28.7 Å². The summed E-state index contributed by atoms with van der Waals surface area (Å²) in [6.07, 6.45) is 3.93. The second-order valence-corrected chi connectivity index (χ2v) is 7.38. The highest BCUT2D eigenvalue weighted by Crippen LogP contribution is 2.27. The van der Waals surface area contributed by atoms with E-state index in [4.69, 9.17) is 32.9 Å². The average molecular weight is 426 g/mol. The van der Waals surface area contributed by atoms with Crippen molar-refractivity contribution in [2.24, 2.45) is 0 Å². The number of carbonyl (C=O) groups excluding carboxylic acids is 1. The molecular formula is C22H17Cl2N3O2. The quantitative estimate of drug-likeness (QED) is 0.450. The van der Waals surface area contributed by atoms with Gasteiger partial charge in [-0.2, -0.15) is 0 Å². The first kappa shape index (κ1) is 19.3. The molecule has 0 aliphatic carbocycles. The van der Waals surface area contributed by atoms with E-state index in [1.54, 1.807) is 18.2 Å². The van der Waals surface area contributed by atoms with Crippen molar-refractivity contribution in [3.8, 4) is 17.0 Å². The van der Waals surface area contributed by atoms with Crippen LogP contribution in [0.15, 0.2) is 67.0 Å². The van der Waals surface area contributed by atoms with E-state index in [-0.39, 0.29) is 12.5 Å². The number of nitrogens with zero attached hydrogens (tertiary/aromatic N) is 2. The molecule has 4 rings (SSSR count). The molecule has 2 aromatic carbocycles. The fraction of sp³-hybridized carbons (Fsp3) is 0.0909. The number of aromatic nitrogens is 2. The van der Waals surface area contributed by atoms with Gasteiger partial charge in [0.25, 0.3) is 5.91 Å². The van der Waals surface area contributed by atoms with Crippen molar-refractivity contribution in [2.75, 3.05) is 11.9 Å². The number of aryl methyl sites for hydroxylation is 1. The summed E-state index contributed by atoms with van der Waals surface area (Å²) in [5.74, 6) is 0.110. The number of amides is 1. The number of hydrogen-bond donors (Lipinski definition) is 1. The van der Waals surface area contributed by atoms with E-state index in [0.29, 0.717) is 21.5 Å². The molecule has 0 saturated heterocycles. The molecule has 0 unspecified atom stereocenters. The van der Waals surface area contributed by atoms with Gasteiger partial charge in [-0.05, 0) is 48.9 Å². The average Bonchev–Trinajstić information content (AvgIpc) is 3.13. The molecule has 5 nitrogen and oxygen atoms in total. The third kappa shape index (κ3) is 4.36. The Morgan fingerprint density at radius 1 is 1.14 bits per heavy atom. The van der Waals surface area contributed by atoms with E-state index in [9.17, 15) is 4.79 Å². The van der Waals surface area contributed by atoms with E-state index in [1.807, 2.05) is 60.1 Å². The van der Waals surface area contributed by atoms with E-state index in [2.05, 4.69) is 5.32 Å². The van der Waals surface area contributed by atoms with Crippen molar-refractivity contribution in [3.05, 3.63) is 82.6 Å². The van der Waals surface area contributed by atoms with E-state index < -0.39 is 0 Å². The van der Waals surface area contributed by atoms with Crippen LogP contribution in [-0.4, -0.2) is 21.9 Å². The molecule has 0 aliphatic rings. The SMILES string of the molecule is Cc1cccn2cc(-c3cccc(NC(=O)COc4ccc(Cl)cc4Cl)c3)nc12. The van der Waals surface area contributed by atoms with Crippen LogP contribution in [0.2, 0.25) is 10.0 Å². The predicted octanol–water partition coefficient (Wildman–Crippen LogP) is 5.63. The Hall–Kier alpha value is -3.02. The zero-order chi connectivity index (χ0) is 20.4. The lowest BCUT2D eigenvalue weighted by molar-refractivity contribution is -0.118. The maximum absolute atomic E-state index is 12.3. The first-order valence-corrected chi connectivity index (χ1v) is 9.68. The molecule has 0 radical (unpaired) electrons. The van der Waals surface area contributed by atoms with Gasteiger partial charge in [-0.1, -0.05) is 41.4 Å². The number of anilines is 1. The van der Waals surface area contributed by atoms with E-state index >= 15 is 0 Å². The monoisotopic (exact) mass is 425 g/mol. The van der Waals surface area contributed by atoms with Crippen LogP contribution >= 0.6 is 23.2 Å². The van der Waals surface area contributed by atoms with Crippen LogP contribution in [0, 0.1) is 6.92 Å². The number of carbonyl (C=O) groups is 1. The van der Waals surface area contributed by atoms with Crippen molar-refractivity contribution in [1.29, 1.82) is 0 Å². The maximum atomic E-state index is 12.3. The first-order chi connectivity index (χ1) is 14.0. The van der Waals surface area contributed by atoms with Crippen LogP contribution in [0.5, 0.6) is 5.75 Å². The zero-order valence-electron chi connectivity index (χ0n) is 15.5. The summed E-state index contributed by atoms with van der Waals surface area (Å²) in [5.41, 5.74) is 4.41. The maximum Gasteiger partial charge on any atom is 0.262 e. The van der Waals surface area contributed by atoms with Gasteiger partial charge in [0.2, 0.25) is 0 Å². The number of halogens is 2. The molecule has 146 valence electrons. The van der Waals surface area contributed by atoms with Gasteiger partial charge in [0.05, 0.1) is 10.7 Å². The molecule has 0 saturated carbocycles. The van der Waals surface area contributed by atoms with Crippen molar-refractivity contribution in [2.45, 2.75) is 6.92 Å². The zero-order valence-corrected chi connectivity index (χ0v) is 17.0. The third-order valence-electron chi connectivity index (χ3n) is 4.37. The lowest BCUT2D eigenvalue weighted by Gasteiger charge is -2.09. The number of nitrogens with one attached hydrogen (secondary N) is 1. The van der Waals surface area contributed by atoms with Crippen LogP contribution in [0.3, 0.4) is 0 Å². The summed E-state index contributed by atoms with van der Waals surface area (Å²) in [7, 11) is 0. The minimum Gasteiger partial charge on any atom is -0.482 e. The molecule has 0 fully saturated rings. The molecule has 0 atom stereocenters. The first-order valence-electron chi connectivity index (χ1n) is 8.92. The van der Waals surface area contributed by atoms with E-state index in [1.165, 1.54) is 0 Å². The number of imidazole rings is 1. The molecule has 2 heterocycles. The van der Waals surface area contributed by atoms with Gasteiger partial charge >= 0.3 is 0 Å². The Labute approximate surface area is 177 Å². The summed E-state index contributed by atoms with van der Waals surface area (Å²) in [6.45, 7) is 1.86. The van der Waals surface area contributed by atoms with Crippen LogP contribution < -0.4 is 10.1 Å². The molecule has 4 aromatic rings. The second kappa shape index (κ2) is 8.15. The number of benzene rings is 2. The van der Waals surface area contributed by atoms with Crippen molar-refractivity contribution in [3.63, 3.8) is 0 Å². The van der Waals surface area contributed by atoms with Crippen LogP contribution in [0.4, 0.5) is 5.69 Å². The van der Waals surface area contributed by atoms with Gasteiger partial charge in [-0.3, -0.25) is 4.79 Å². The highest BCUT2D eigenvalue weighted by atomic mass is 35.5. The Kier molecular flexibility index (Phi) is 5.43. The Bertz CT molecular complexity index is 1200. The second-order valence-electron chi connectivity index (χ2n) is 6.54. The largest absolute Gasteiger partial charge is 0.482 e. The Morgan fingerprint density at radius 3 is 2.79 bits per heavy atom. The van der Waals surface area contributed by atoms with Gasteiger partial charge in [0.15, 0.2) is 6.61 Å².